The molecule has 0 aromatic rings. The monoisotopic (exact) mass is 454 g/mol. The number of carboxylic acid groups (broad SMARTS) is 1. The Kier molecular flexibility index (Phi) is 4.83. The average Bonchev–Trinajstić information content (AvgIpc) is 2.73. The van der Waals surface area contributed by atoms with E-state index < -0.39 is 22.9 Å². The van der Waals surface area contributed by atoms with Crippen molar-refractivity contribution >= 4 is 11.8 Å². The molecule has 4 heteroatoms. The normalized spacial score (nSPS) is 50.9. The van der Waals surface area contributed by atoms with Crippen molar-refractivity contribution in [1.82, 2.24) is 0 Å². The van der Waals surface area contributed by atoms with Crippen LogP contribution in [0.3, 0.4) is 0 Å². The molecule has 33 heavy (non-hydrogen) atoms. The molecule has 5 aliphatic rings. The third kappa shape index (κ3) is 2.62. The van der Waals surface area contributed by atoms with Crippen molar-refractivity contribution in [2.24, 2.45) is 44.8 Å². The topological polar surface area (TPSA) is 74.6 Å². The van der Waals surface area contributed by atoms with E-state index in [1.807, 2.05) is 0 Å². The molecule has 8 unspecified atom stereocenters. The summed E-state index contributed by atoms with van der Waals surface area (Å²) in [5, 5.41) is 21.2. The molecule has 0 aromatic carbocycles. The summed E-state index contributed by atoms with van der Waals surface area (Å²) in [6, 6.07) is 0. The van der Waals surface area contributed by atoms with E-state index in [4.69, 9.17) is 0 Å². The minimum Gasteiger partial charge on any atom is -0.481 e. The van der Waals surface area contributed by atoms with Gasteiger partial charge in [0.1, 0.15) is 5.78 Å². The zero-order chi connectivity index (χ0) is 24.2. The maximum atomic E-state index is 13.7. The van der Waals surface area contributed by atoms with Crippen LogP contribution in [-0.4, -0.2) is 28.1 Å². The zero-order valence-electron chi connectivity index (χ0n) is 21.2. The number of carbonyl (C=O) groups is 2. The van der Waals surface area contributed by atoms with Crippen LogP contribution in [0.2, 0.25) is 0 Å². The molecule has 0 bridgehead atoms. The second kappa shape index (κ2) is 6.83. The fraction of sp³-hybridized carbons (Fsp3) is 0.793. The first kappa shape index (κ1) is 23.3. The molecule has 0 heterocycles. The van der Waals surface area contributed by atoms with Gasteiger partial charge in [-0.1, -0.05) is 58.4 Å². The predicted molar refractivity (Wildman–Crippen MR) is 128 cm³/mol. The Morgan fingerprint density at radius 3 is 2.39 bits per heavy atom. The first-order valence-corrected chi connectivity index (χ1v) is 13.1. The Hall–Kier alpha value is -1.42. The highest BCUT2D eigenvalue weighted by Crippen LogP contribution is 2.74. The minimum atomic E-state index is -0.663. The van der Waals surface area contributed by atoms with E-state index in [-0.39, 0.29) is 46.2 Å². The van der Waals surface area contributed by atoms with Crippen molar-refractivity contribution in [3.05, 3.63) is 23.8 Å². The summed E-state index contributed by atoms with van der Waals surface area (Å²) < 4.78 is 0. The van der Waals surface area contributed by atoms with Crippen molar-refractivity contribution in [2.75, 3.05) is 0 Å². The van der Waals surface area contributed by atoms with Crippen molar-refractivity contribution < 1.29 is 19.8 Å². The van der Waals surface area contributed by atoms with Crippen LogP contribution >= 0.6 is 0 Å². The third-order valence-electron chi connectivity index (χ3n) is 12.3. The first-order chi connectivity index (χ1) is 15.2. The van der Waals surface area contributed by atoms with E-state index in [1.165, 1.54) is 11.1 Å². The molecule has 0 aliphatic heterocycles. The van der Waals surface area contributed by atoms with Gasteiger partial charge in [0.05, 0.1) is 11.5 Å². The van der Waals surface area contributed by atoms with Crippen LogP contribution in [0.15, 0.2) is 23.8 Å². The van der Waals surface area contributed by atoms with Crippen LogP contribution in [0, 0.1) is 44.8 Å². The molecule has 182 valence electrons. The van der Waals surface area contributed by atoms with Crippen LogP contribution < -0.4 is 0 Å². The lowest BCUT2D eigenvalue weighted by Crippen LogP contribution is -2.67. The maximum Gasteiger partial charge on any atom is 0.310 e. The number of Topliss-reactive ketones (excluding diaryl/α,β-unsaturated/α-hetero) is 1. The summed E-state index contributed by atoms with van der Waals surface area (Å²) in [5.41, 5.74) is 0.984. The lowest BCUT2D eigenvalue weighted by molar-refractivity contribution is -0.202. The maximum absolute atomic E-state index is 13.7. The number of rotatable bonds is 1. The summed E-state index contributed by atoms with van der Waals surface area (Å²) in [5.74, 6) is 0.0232. The SMILES string of the molecule is C=C1CCC2(C(=O)O)CCC3(C)C(=CCC4C5(C)C(=O)CC(O)C(C)(C)C5CCC43C)C2C1. The molecular weight excluding hydrogens is 412 g/mol. The van der Waals surface area contributed by atoms with Gasteiger partial charge in [-0.3, -0.25) is 9.59 Å². The molecule has 0 amide bonds. The van der Waals surface area contributed by atoms with Gasteiger partial charge in [-0.05, 0) is 79.4 Å². The van der Waals surface area contributed by atoms with E-state index in [1.54, 1.807) is 0 Å². The van der Waals surface area contributed by atoms with Gasteiger partial charge < -0.3 is 10.2 Å². The van der Waals surface area contributed by atoms with Crippen molar-refractivity contribution in [3.8, 4) is 0 Å². The number of aliphatic hydroxyl groups is 1. The molecule has 4 fully saturated rings. The molecule has 5 aliphatic carbocycles. The van der Waals surface area contributed by atoms with Gasteiger partial charge in [-0.25, -0.2) is 0 Å². The van der Waals surface area contributed by atoms with Crippen molar-refractivity contribution in [1.29, 1.82) is 0 Å². The molecule has 2 N–H and O–H groups in total. The van der Waals surface area contributed by atoms with Gasteiger partial charge in [0.15, 0.2) is 0 Å². The van der Waals surface area contributed by atoms with E-state index >= 15 is 0 Å². The first-order valence-electron chi connectivity index (χ1n) is 13.1. The zero-order valence-corrected chi connectivity index (χ0v) is 21.2. The minimum absolute atomic E-state index is 0.0265. The second-order valence-corrected chi connectivity index (χ2v) is 13.5. The van der Waals surface area contributed by atoms with Crippen LogP contribution in [0.4, 0.5) is 0 Å². The van der Waals surface area contributed by atoms with Gasteiger partial charge in [0.25, 0.3) is 0 Å². The standard InChI is InChI=1S/C29H42O4/c1-17-9-12-29(24(32)33)14-13-26(4)18(19(29)15-17)7-8-21-27(26,5)11-10-20-25(2,3)22(30)16-23(31)28(20,21)6/h7,19-22,30H,1,8-16H2,2-6H3,(H,32,33). The number of carboxylic acids is 1. The quantitative estimate of drug-likeness (QED) is 0.481. The number of aliphatic carboxylic acids is 1. The lowest BCUT2D eigenvalue weighted by Gasteiger charge is -2.70. The molecule has 4 saturated carbocycles. The Morgan fingerprint density at radius 1 is 1.03 bits per heavy atom. The molecule has 5 rings (SSSR count). The van der Waals surface area contributed by atoms with E-state index in [0.29, 0.717) is 12.8 Å². The number of hydrogen-bond donors (Lipinski definition) is 2. The summed E-state index contributed by atoms with van der Waals surface area (Å²) in [7, 11) is 0. The Bertz CT molecular complexity index is 961. The predicted octanol–water partition coefficient (Wildman–Crippen LogP) is 5.94. The van der Waals surface area contributed by atoms with Gasteiger partial charge in [0, 0.05) is 17.8 Å². The molecule has 0 radical (unpaired) electrons. The number of aliphatic hydroxyl groups excluding tert-OH is 1. The Balaban J connectivity index is 1.63. The number of hydrogen-bond acceptors (Lipinski definition) is 3. The van der Waals surface area contributed by atoms with Gasteiger partial charge >= 0.3 is 5.97 Å². The van der Waals surface area contributed by atoms with E-state index in [2.05, 4.69) is 47.3 Å². The van der Waals surface area contributed by atoms with Crippen molar-refractivity contribution in [3.63, 3.8) is 0 Å². The highest BCUT2D eigenvalue weighted by molar-refractivity contribution is 5.87. The van der Waals surface area contributed by atoms with Crippen LogP contribution in [-0.2, 0) is 9.59 Å². The van der Waals surface area contributed by atoms with Gasteiger partial charge in [-0.2, -0.15) is 0 Å². The van der Waals surface area contributed by atoms with Crippen LogP contribution in [0.1, 0.15) is 92.4 Å². The summed E-state index contributed by atoms with van der Waals surface area (Å²) in [6.45, 7) is 15.5. The molecule has 8 atom stereocenters. The van der Waals surface area contributed by atoms with Crippen LogP contribution in [0.25, 0.3) is 0 Å². The van der Waals surface area contributed by atoms with E-state index in [9.17, 15) is 19.8 Å². The second-order valence-electron chi connectivity index (χ2n) is 13.5. The van der Waals surface area contributed by atoms with E-state index in [0.717, 1.165) is 38.5 Å². The number of fused-ring (bicyclic) bond motifs is 7. The average molecular weight is 455 g/mol. The third-order valence-corrected chi connectivity index (χ3v) is 12.3. The fourth-order valence-electron chi connectivity index (χ4n) is 9.87. The highest BCUT2D eigenvalue weighted by atomic mass is 16.4. The van der Waals surface area contributed by atoms with Crippen molar-refractivity contribution in [2.45, 2.75) is 98.5 Å². The number of ketones is 1. The molecule has 4 nitrogen and oxygen atoms in total. The molecule has 0 spiro atoms. The Labute approximate surface area is 198 Å². The number of carbonyl (C=O) groups excluding carboxylic acids is 1. The number of allylic oxidation sites excluding steroid dienone is 3. The lowest BCUT2D eigenvalue weighted by atomic mass is 9.33. The van der Waals surface area contributed by atoms with Crippen LogP contribution in [0.5, 0.6) is 0 Å². The molecule has 0 aromatic heterocycles. The summed E-state index contributed by atoms with van der Waals surface area (Å²) >= 11 is 0. The Morgan fingerprint density at radius 2 is 1.73 bits per heavy atom. The summed E-state index contributed by atoms with van der Waals surface area (Å²) in [6.07, 6.45) is 8.76. The smallest absolute Gasteiger partial charge is 0.310 e. The van der Waals surface area contributed by atoms with Gasteiger partial charge in [-0.15, -0.1) is 0 Å². The largest absolute Gasteiger partial charge is 0.481 e. The molecular formula is C29H42O4. The van der Waals surface area contributed by atoms with Gasteiger partial charge in [0.2, 0.25) is 0 Å². The molecule has 0 saturated heterocycles. The summed E-state index contributed by atoms with van der Waals surface area (Å²) in [4.78, 5) is 26.3. The fourth-order valence-corrected chi connectivity index (χ4v) is 9.87. The highest BCUT2D eigenvalue weighted by Gasteiger charge is 2.70.